The van der Waals surface area contributed by atoms with E-state index in [1.54, 1.807) is 40.7 Å². The molecule has 148 valence electrons. The molecule has 7 nitrogen and oxygen atoms in total. The number of halogens is 1. The molecule has 0 saturated carbocycles. The molecular weight excluding hydrogens is 403 g/mol. The minimum atomic E-state index is -0.374. The van der Waals surface area contributed by atoms with Crippen molar-refractivity contribution in [3.05, 3.63) is 89.8 Å². The third-order valence-electron chi connectivity index (χ3n) is 4.47. The van der Waals surface area contributed by atoms with Crippen LogP contribution in [0.15, 0.2) is 72.6 Å². The van der Waals surface area contributed by atoms with Crippen LogP contribution in [-0.2, 0) is 6.54 Å². The molecule has 30 heavy (non-hydrogen) atoms. The Balaban J connectivity index is 1.28. The van der Waals surface area contributed by atoms with Crippen molar-refractivity contribution in [2.75, 3.05) is 5.32 Å². The Bertz CT molecular complexity index is 1320. The van der Waals surface area contributed by atoms with E-state index < -0.39 is 0 Å². The fraction of sp³-hybridized carbons (Fsp3) is 0.0476. The monoisotopic (exact) mass is 418 g/mol. The summed E-state index contributed by atoms with van der Waals surface area (Å²) >= 11 is 1.22. The minimum Gasteiger partial charge on any atom is -0.318 e. The van der Waals surface area contributed by atoms with Gasteiger partial charge in [0.05, 0.1) is 24.1 Å². The van der Waals surface area contributed by atoms with Gasteiger partial charge in [-0.1, -0.05) is 18.2 Å². The van der Waals surface area contributed by atoms with Crippen LogP contribution < -0.4 is 5.32 Å². The van der Waals surface area contributed by atoms with Crippen molar-refractivity contribution in [2.24, 2.45) is 0 Å². The van der Waals surface area contributed by atoms with Crippen LogP contribution in [0.4, 0.5) is 10.1 Å². The van der Waals surface area contributed by atoms with Crippen molar-refractivity contribution >= 4 is 28.6 Å². The van der Waals surface area contributed by atoms with Crippen LogP contribution in [0.1, 0.15) is 16.2 Å². The Hall–Kier alpha value is -3.85. The molecular formula is C21H15FN6OS. The molecule has 1 N–H and O–H groups in total. The molecule has 5 aromatic rings. The van der Waals surface area contributed by atoms with Crippen molar-refractivity contribution in [3.63, 3.8) is 0 Å². The Morgan fingerprint density at radius 2 is 1.97 bits per heavy atom. The van der Waals surface area contributed by atoms with E-state index in [9.17, 15) is 9.18 Å². The number of carbonyl (C=O) groups is 1. The standard InChI is InChI=1S/C21H15FN6OS/c22-17-6-2-1-5-16(17)21-26-18(13-30-21)20(29)25-14-9-23-28(11-14)12-15-10-27-8-4-3-7-19(27)24-15/h1-11,13H,12H2,(H,25,29). The summed E-state index contributed by atoms with van der Waals surface area (Å²) in [6.07, 6.45) is 7.17. The number of rotatable bonds is 5. The number of fused-ring (bicyclic) bond motifs is 1. The number of imidazole rings is 1. The Morgan fingerprint density at radius 1 is 1.10 bits per heavy atom. The molecule has 0 aliphatic carbocycles. The number of amides is 1. The Kier molecular flexibility index (Phi) is 4.56. The SMILES string of the molecule is O=C(Nc1cnn(Cc2cn3ccccc3n2)c1)c1csc(-c2ccccc2F)n1. The van der Waals surface area contributed by atoms with Crippen LogP contribution >= 0.6 is 11.3 Å². The maximum Gasteiger partial charge on any atom is 0.275 e. The molecule has 0 aliphatic heterocycles. The van der Waals surface area contributed by atoms with Crippen LogP contribution in [0.25, 0.3) is 16.2 Å². The van der Waals surface area contributed by atoms with Gasteiger partial charge >= 0.3 is 0 Å². The summed E-state index contributed by atoms with van der Waals surface area (Å²) < 4.78 is 17.6. The molecule has 0 radical (unpaired) electrons. The van der Waals surface area contributed by atoms with Crippen molar-refractivity contribution < 1.29 is 9.18 Å². The van der Waals surface area contributed by atoms with Gasteiger partial charge in [0.15, 0.2) is 0 Å². The topological polar surface area (TPSA) is 77.1 Å². The number of nitrogens with zero attached hydrogens (tertiary/aromatic N) is 5. The normalized spacial score (nSPS) is 11.1. The van der Waals surface area contributed by atoms with Gasteiger partial charge in [-0.05, 0) is 24.3 Å². The lowest BCUT2D eigenvalue weighted by molar-refractivity contribution is 0.102. The lowest BCUT2D eigenvalue weighted by Crippen LogP contribution is -2.11. The number of hydrogen-bond acceptors (Lipinski definition) is 5. The largest absolute Gasteiger partial charge is 0.318 e. The van der Waals surface area contributed by atoms with Gasteiger partial charge in [0.1, 0.15) is 22.2 Å². The highest BCUT2D eigenvalue weighted by Crippen LogP contribution is 2.26. The smallest absolute Gasteiger partial charge is 0.275 e. The first kappa shape index (κ1) is 18.2. The zero-order valence-corrected chi connectivity index (χ0v) is 16.4. The summed E-state index contributed by atoms with van der Waals surface area (Å²) in [5.41, 5.74) is 2.87. The number of nitrogens with one attached hydrogen (secondary N) is 1. The van der Waals surface area contributed by atoms with Gasteiger partial charge in [0.2, 0.25) is 0 Å². The predicted octanol–water partition coefficient (Wildman–Crippen LogP) is 4.09. The van der Waals surface area contributed by atoms with E-state index in [0.29, 0.717) is 22.8 Å². The summed E-state index contributed by atoms with van der Waals surface area (Å²) in [5.74, 6) is -0.742. The van der Waals surface area contributed by atoms with E-state index in [4.69, 9.17) is 0 Å². The second-order valence-electron chi connectivity index (χ2n) is 6.60. The quantitative estimate of drug-likeness (QED) is 0.466. The lowest BCUT2D eigenvalue weighted by Gasteiger charge is -2.00. The molecule has 0 spiro atoms. The van der Waals surface area contributed by atoms with Crippen molar-refractivity contribution in [1.82, 2.24) is 24.1 Å². The molecule has 0 aliphatic rings. The number of anilines is 1. The third kappa shape index (κ3) is 3.58. The van der Waals surface area contributed by atoms with Gasteiger partial charge in [-0.25, -0.2) is 14.4 Å². The number of pyridine rings is 1. The highest BCUT2D eigenvalue weighted by Gasteiger charge is 2.15. The summed E-state index contributed by atoms with van der Waals surface area (Å²) in [7, 11) is 0. The molecule has 4 aromatic heterocycles. The zero-order valence-electron chi connectivity index (χ0n) is 15.6. The molecule has 0 bridgehead atoms. The number of hydrogen-bond donors (Lipinski definition) is 1. The first-order valence-electron chi connectivity index (χ1n) is 9.12. The average molecular weight is 418 g/mol. The van der Waals surface area contributed by atoms with Crippen molar-refractivity contribution in [1.29, 1.82) is 0 Å². The van der Waals surface area contributed by atoms with Gasteiger partial charge in [-0.3, -0.25) is 9.48 Å². The molecule has 9 heteroatoms. The lowest BCUT2D eigenvalue weighted by atomic mass is 10.2. The second kappa shape index (κ2) is 7.53. The van der Waals surface area contributed by atoms with E-state index in [1.165, 1.54) is 17.4 Å². The summed E-state index contributed by atoms with van der Waals surface area (Å²) in [6, 6.07) is 12.2. The Morgan fingerprint density at radius 3 is 2.83 bits per heavy atom. The first-order valence-corrected chi connectivity index (χ1v) is 10.0. The number of thiazole rings is 1. The number of aromatic nitrogens is 5. The van der Waals surface area contributed by atoms with E-state index in [0.717, 1.165) is 11.3 Å². The van der Waals surface area contributed by atoms with Crippen LogP contribution in [0.2, 0.25) is 0 Å². The van der Waals surface area contributed by atoms with Gasteiger partial charge in [-0.15, -0.1) is 11.3 Å². The minimum absolute atomic E-state index is 0.228. The molecule has 1 amide bonds. The fourth-order valence-electron chi connectivity index (χ4n) is 3.08. The molecule has 0 atom stereocenters. The van der Waals surface area contributed by atoms with Gasteiger partial charge in [-0.2, -0.15) is 5.10 Å². The van der Waals surface area contributed by atoms with Crippen molar-refractivity contribution in [2.45, 2.75) is 6.54 Å². The molecule has 0 fully saturated rings. The maximum absolute atomic E-state index is 13.9. The second-order valence-corrected chi connectivity index (χ2v) is 7.45. The van der Waals surface area contributed by atoms with Crippen LogP contribution in [0.5, 0.6) is 0 Å². The van der Waals surface area contributed by atoms with E-state index in [1.807, 2.05) is 35.0 Å². The van der Waals surface area contributed by atoms with Crippen LogP contribution in [0.3, 0.4) is 0 Å². The molecule has 0 unspecified atom stereocenters. The molecule has 4 heterocycles. The average Bonchev–Trinajstić information content (AvgIpc) is 3.48. The van der Waals surface area contributed by atoms with E-state index in [2.05, 4.69) is 20.4 Å². The molecule has 0 saturated heterocycles. The highest BCUT2D eigenvalue weighted by molar-refractivity contribution is 7.13. The van der Waals surface area contributed by atoms with Crippen LogP contribution in [-0.4, -0.2) is 30.1 Å². The van der Waals surface area contributed by atoms with Gasteiger partial charge < -0.3 is 9.72 Å². The first-order chi connectivity index (χ1) is 14.7. The summed E-state index contributed by atoms with van der Waals surface area (Å²) in [5, 5.41) is 9.12. The van der Waals surface area contributed by atoms with Crippen LogP contribution in [0, 0.1) is 5.82 Å². The number of carbonyl (C=O) groups excluding carboxylic acids is 1. The van der Waals surface area contributed by atoms with E-state index >= 15 is 0 Å². The summed E-state index contributed by atoms with van der Waals surface area (Å²) in [6.45, 7) is 0.478. The summed E-state index contributed by atoms with van der Waals surface area (Å²) in [4.78, 5) is 21.3. The highest BCUT2D eigenvalue weighted by atomic mass is 32.1. The predicted molar refractivity (Wildman–Crippen MR) is 112 cm³/mol. The number of benzene rings is 1. The third-order valence-corrected chi connectivity index (χ3v) is 5.35. The van der Waals surface area contributed by atoms with Gasteiger partial charge in [0.25, 0.3) is 5.91 Å². The maximum atomic E-state index is 13.9. The molecule has 5 rings (SSSR count). The van der Waals surface area contributed by atoms with Crippen molar-refractivity contribution in [3.8, 4) is 10.6 Å². The zero-order chi connectivity index (χ0) is 20.5. The molecule has 1 aromatic carbocycles. The fourth-order valence-corrected chi connectivity index (χ4v) is 3.90. The van der Waals surface area contributed by atoms with E-state index in [-0.39, 0.29) is 17.4 Å². The Labute approximate surface area is 174 Å². The van der Waals surface area contributed by atoms with Gasteiger partial charge in [0, 0.05) is 29.5 Å².